The van der Waals surface area contributed by atoms with Crippen molar-refractivity contribution >= 4 is 0 Å². The van der Waals surface area contributed by atoms with Crippen LogP contribution in [0.2, 0.25) is 0 Å². The lowest BCUT2D eigenvalue weighted by Crippen LogP contribution is -3.61. The average molecular weight is 676 g/mol. The van der Waals surface area contributed by atoms with E-state index in [2.05, 4.69) is 62.4 Å². The minimum Gasteiger partial charge on any atom is -0.494 e. The standard InChI is InChI=1S/C28H42IO2.C2F6/c1-3-5-7-9-11-13-23-30-27-19-15-25(16-20-27)29-26-17-21-28(22-18-26)31-24-14-12-10-8-6-4-2;3-1(4,5)2(6,7)8/h15-22H,3-14,23-24H2,1-2H3;/q+1;. The molecular formula is C30H42F6IO2+. The van der Waals surface area contributed by atoms with Crippen LogP contribution in [-0.2, 0) is 0 Å². The topological polar surface area (TPSA) is 18.5 Å². The van der Waals surface area contributed by atoms with Gasteiger partial charge in [0.25, 0.3) is 0 Å². The smallest absolute Gasteiger partial charge is 0.487 e. The van der Waals surface area contributed by atoms with Crippen LogP contribution in [0.5, 0.6) is 11.5 Å². The van der Waals surface area contributed by atoms with E-state index in [-0.39, 0.29) is 21.2 Å². The molecule has 2 aromatic rings. The molecule has 0 fully saturated rings. The Balaban J connectivity index is 0.000000824. The van der Waals surface area contributed by atoms with Gasteiger partial charge in [0, 0.05) is 0 Å². The van der Waals surface area contributed by atoms with Crippen molar-refractivity contribution in [3.8, 4) is 11.5 Å². The molecule has 0 atom stereocenters. The second-order valence-corrected chi connectivity index (χ2v) is 12.3. The average Bonchev–Trinajstić information content (AvgIpc) is 2.89. The highest BCUT2D eigenvalue weighted by atomic mass is 127. The number of alkyl halides is 6. The van der Waals surface area contributed by atoms with E-state index in [4.69, 9.17) is 9.47 Å². The second kappa shape index (κ2) is 20.3. The molecule has 222 valence electrons. The summed E-state index contributed by atoms with van der Waals surface area (Å²) in [5, 5.41) is 0. The summed E-state index contributed by atoms with van der Waals surface area (Å²) in [6.45, 7) is 6.19. The van der Waals surface area contributed by atoms with Gasteiger partial charge in [-0.1, -0.05) is 78.1 Å². The highest BCUT2D eigenvalue weighted by molar-refractivity contribution is 5.22. The van der Waals surface area contributed by atoms with Gasteiger partial charge in [-0.25, -0.2) is 0 Å². The summed E-state index contributed by atoms with van der Waals surface area (Å²) >= 11 is -0.160. The number of ether oxygens (including phenoxy) is 2. The number of halogens is 7. The molecule has 0 aliphatic carbocycles. The first-order valence-electron chi connectivity index (χ1n) is 13.8. The zero-order valence-corrected chi connectivity index (χ0v) is 25.1. The van der Waals surface area contributed by atoms with Crippen LogP contribution < -0.4 is 30.7 Å². The quantitative estimate of drug-likeness (QED) is 0.0932. The molecule has 39 heavy (non-hydrogen) atoms. The summed E-state index contributed by atoms with van der Waals surface area (Å²) in [5.74, 6) is 2.00. The fourth-order valence-corrected chi connectivity index (χ4v) is 5.62. The Hall–Kier alpha value is -1.65. The van der Waals surface area contributed by atoms with Crippen molar-refractivity contribution in [2.24, 2.45) is 0 Å². The first-order chi connectivity index (χ1) is 18.6. The Labute approximate surface area is 240 Å². The van der Waals surface area contributed by atoms with Crippen LogP contribution in [0, 0.1) is 7.14 Å². The minimum absolute atomic E-state index is 0.160. The number of benzene rings is 2. The first-order valence-corrected chi connectivity index (χ1v) is 16.0. The van der Waals surface area contributed by atoms with Crippen LogP contribution in [0.1, 0.15) is 90.9 Å². The van der Waals surface area contributed by atoms with E-state index >= 15 is 0 Å². The van der Waals surface area contributed by atoms with Gasteiger partial charge in [0.1, 0.15) is 11.5 Å². The van der Waals surface area contributed by atoms with Crippen molar-refractivity contribution < 1.29 is 57.0 Å². The summed E-state index contributed by atoms with van der Waals surface area (Å²) in [7, 11) is 0. The SMILES string of the molecule is CCCCCCCCOc1ccc([I+]c2ccc(OCCCCCCCC)cc2)cc1.FC(F)(F)C(F)(F)F. The van der Waals surface area contributed by atoms with E-state index in [0.717, 1.165) is 37.6 Å². The van der Waals surface area contributed by atoms with Crippen LogP contribution in [0.15, 0.2) is 48.5 Å². The van der Waals surface area contributed by atoms with Gasteiger partial charge in [0.15, 0.2) is 7.14 Å². The predicted molar refractivity (Wildman–Crippen MR) is 140 cm³/mol. The highest BCUT2D eigenvalue weighted by Crippen LogP contribution is 2.35. The lowest BCUT2D eigenvalue weighted by Gasteiger charge is -2.08. The van der Waals surface area contributed by atoms with E-state index in [1.54, 1.807) is 0 Å². The molecule has 2 aromatic carbocycles. The fourth-order valence-electron chi connectivity index (χ4n) is 3.46. The molecule has 0 amide bonds. The third kappa shape index (κ3) is 17.6. The lowest BCUT2D eigenvalue weighted by atomic mass is 10.1. The van der Waals surface area contributed by atoms with Gasteiger partial charge in [0.05, 0.1) is 13.2 Å². The molecule has 0 unspecified atom stereocenters. The molecule has 0 aliphatic heterocycles. The maximum Gasteiger partial charge on any atom is 0.487 e. The molecule has 0 radical (unpaired) electrons. The number of unbranched alkanes of at least 4 members (excludes halogenated alkanes) is 10. The molecule has 0 bridgehead atoms. The molecule has 2 nitrogen and oxygen atoms in total. The Morgan fingerprint density at radius 3 is 1.10 bits per heavy atom. The van der Waals surface area contributed by atoms with Gasteiger partial charge >= 0.3 is 33.6 Å². The van der Waals surface area contributed by atoms with Crippen molar-refractivity contribution in [2.75, 3.05) is 13.2 Å². The Morgan fingerprint density at radius 2 is 0.795 bits per heavy atom. The zero-order chi connectivity index (χ0) is 29.0. The summed E-state index contributed by atoms with van der Waals surface area (Å²) in [6, 6.07) is 17.4. The molecule has 0 spiro atoms. The third-order valence-electron chi connectivity index (χ3n) is 5.70. The fraction of sp³-hybridized carbons (Fsp3) is 0.600. The van der Waals surface area contributed by atoms with E-state index in [1.165, 1.54) is 71.3 Å². The van der Waals surface area contributed by atoms with Crippen LogP contribution in [0.4, 0.5) is 26.3 Å². The lowest BCUT2D eigenvalue weighted by molar-refractivity contribution is -0.597. The molecule has 0 heterocycles. The first kappa shape index (κ1) is 35.4. The third-order valence-corrected chi connectivity index (χ3v) is 8.38. The zero-order valence-electron chi connectivity index (χ0n) is 23.0. The van der Waals surface area contributed by atoms with Crippen LogP contribution in [0.3, 0.4) is 0 Å². The molecule has 9 heteroatoms. The maximum atomic E-state index is 10.4. The Kier molecular flexibility index (Phi) is 18.4. The van der Waals surface area contributed by atoms with E-state index in [0.29, 0.717) is 0 Å². The van der Waals surface area contributed by atoms with Crippen LogP contribution >= 0.6 is 0 Å². The minimum atomic E-state index is -6.06. The summed E-state index contributed by atoms with van der Waals surface area (Å²) in [4.78, 5) is 0. The van der Waals surface area contributed by atoms with Crippen molar-refractivity contribution in [1.29, 1.82) is 0 Å². The van der Waals surface area contributed by atoms with Gasteiger partial charge in [-0.3, -0.25) is 0 Å². The molecular weight excluding hydrogens is 633 g/mol. The van der Waals surface area contributed by atoms with Crippen LogP contribution in [0.25, 0.3) is 0 Å². The van der Waals surface area contributed by atoms with E-state index < -0.39 is 12.4 Å². The largest absolute Gasteiger partial charge is 0.494 e. The van der Waals surface area contributed by atoms with Gasteiger partial charge in [-0.2, -0.15) is 26.3 Å². The van der Waals surface area contributed by atoms with Gasteiger partial charge in [0.2, 0.25) is 0 Å². The number of rotatable bonds is 18. The number of hydrogen-bond acceptors (Lipinski definition) is 2. The molecule has 2 rings (SSSR count). The predicted octanol–water partition coefficient (Wildman–Crippen LogP) is 7.40. The van der Waals surface area contributed by atoms with Crippen molar-refractivity contribution in [3.63, 3.8) is 0 Å². The van der Waals surface area contributed by atoms with Crippen LogP contribution in [-0.4, -0.2) is 25.6 Å². The summed E-state index contributed by atoms with van der Waals surface area (Å²) < 4.78 is 77.3. The molecule has 0 saturated heterocycles. The van der Waals surface area contributed by atoms with Gasteiger partial charge < -0.3 is 9.47 Å². The Morgan fingerprint density at radius 1 is 0.487 bits per heavy atom. The summed E-state index contributed by atoms with van der Waals surface area (Å²) in [6.07, 6.45) is 3.49. The van der Waals surface area contributed by atoms with Gasteiger partial charge in [-0.05, 0) is 61.4 Å². The Bertz CT molecular complexity index is 780. The molecule has 0 aromatic heterocycles. The molecule has 0 aliphatic rings. The van der Waals surface area contributed by atoms with Crippen molar-refractivity contribution in [3.05, 3.63) is 55.7 Å². The summed E-state index contributed by atoms with van der Waals surface area (Å²) in [5.41, 5.74) is 0. The van der Waals surface area contributed by atoms with E-state index in [1.807, 2.05) is 0 Å². The van der Waals surface area contributed by atoms with Crippen molar-refractivity contribution in [2.45, 2.75) is 103 Å². The monoisotopic (exact) mass is 675 g/mol. The highest BCUT2D eigenvalue weighted by Gasteiger charge is 2.58. The van der Waals surface area contributed by atoms with E-state index in [9.17, 15) is 26.3 Å². The van der Waals surface area contributed by atoms with Gasteiger partial charge in [-0.15, -0.1) is 0 Å². The molecule has 0 saturated carbocycles. The number of hydrogen-bond donors (Lipinski definition) is 0. The normalized spacial score (nSPS) is 11.6. The maximum absolute atomic E-state index is 10.4. The molecule has 0 N–H and O–H groups in total. The van der Waals surface area contributed by atoms with Crippen molar-refractivity contribution in [1.82, 2.24) is 0 Å². The second-order valence-electron chi connectivity index (χ2n) is 9.23.